The van der Waals surface area contributed by atoms with Gasteiger partial charge in [0.2, 0.25) is 0 Å². The molecule has 0 radical (unpaired) electrons. The highest BCUT2D eigenvalue weighted by Gasteiger charge is 2.21. The number of halogens is 2. The molecule has 5 nitrogen and oxygen atoms in total. The third-order valence-corrected chi connectivity index (χ3v) is 6.76. The van der Waals surface area contributed by atoms with Crippen LogP contribution in [0.5, 0.6) is 0 Å². The Morgan fingerprint density at radius 2 is 1.78 bits per heavy atom. The number of rotatable bonds is 9. The molecule has 0 aliphatic carbocycles. The van der Waals surface area contributed by atoms with Crippen LogP contribution in [0.15, 0.2) is 60.5 Å². The Labute approximate surface area is 218 Å². The van der Waals surface area contributed by atoms with Crippen molar-refractivity contribution in [3.63, 3.8) is 0 Å². The average Bonchev–Trinajstić information content (AvgIpc) is 3.24. The van der Waals surface area contributed by atoms with E-state index in [1.165, 1.54) is 35.2 Å². The van der Waals surface area contributed by atoms with Gasteiger partial charge in [-0.15, -0.1) is 0 Å². The van der Waals surface area contributed by atoms with Gasteiger partial charge < -0.3 is 20.9 Å². The monoisotopic (exact) mass is 515 g/mol. The third-order valence-electron chi connectivity index (χ3n) is 5.74. The molecule has 1 aromatic heterocycles. The number of aromatic nitrogens is 1. The molecule has 0 unspecified atom stereocenters. The number of hydrogen-bond donors (Lipinski definition) is 2. The van der Waals surface area contributed by atoms with Crippen LogP contribution >= 0.6 is 11.3 Å². The maximum Gasteiger partial charge on any atom is 0.189 e. The van der Waals surface area contributed by atoms with E-state index in [4.69, 9.17) is 5.73 Å². The molecule has 196 valence electrons. The number of benzene rings is 1. The second-order valence-corrected chi connectivity index (χ2v) is 9.11. The number of hydrogen-bond acceptors (Lipinski definition) is 6. The van der Waals surface area contributed by atoms with Crippen LogP contribution in [0.25, 0.3) is 5.57 Å². The number of nitrogen functional groups attached to an aromatic ring is 1. The van der Waals surface area contributed by atoms with E-state index < -0.39 is 11.6 Å². The van der Waals surface area contributed by atoms with Gasteiger partial charge in [-0.2, -0.15) is 0 Å². The number of anilines is 2. The van der Waals surface area contributed by atoms with Crippen LogP contribution in [0.1, 0.15) is 51.0 Å². The van der Waals surface area contributed by atoms with Gasteiger partial charge in [-0.25, -0.2) is 13.8 Å². The topological polar surface area (TPSA) is 57.4 Å². The number of piperazine rings is 1. The molecule has 36 heavy (non-hydrogen) atoms. The summed E-state index contributed by atoms with van der Waals surface area (Å²) in [5.74, 6) is -1.04. The van der Waals surface area contributed by atoms with Crippen molar-refractivity contribution in [1.82, 2.24) is 14.8 Å². The molecule has 0 bridgehead atoms. The van der Waals surface area contributed by atoms with Crippen molar-refractivity contribution < 1.29 is 8.78 Å². The first-order chi connectivity index (χ1) is 17.4. The van der Waals surface area contributed by atoms with Crippen LogP contribution in [-0.2, 0) is 0 Å². The second-order valence-electron chi connectivity index (χ2n) is 8.11. The predicted molar refractivity (Wildman–Crippen MR) is 151 cm³/mol. The molecule has 3 N–H and O–H groups in total. The van der Waals surface area contributed by atoms with Gasteiger partial charge in [-0.05, 0) is 50.3 Å². The van der Waals surface area contributed by atoms with E-state index in [0.717, 1.165) is 38.3 Å². The molecule has 1 aromatic carbocycles. The SMILES string of the molecule is C=C/C(=C\C=C(/CC)N1CCN(C)CC1)Nc1nc(N)c(/C(=C\CC)c2c(F)cccc2F)s1.CC. The Balaban J connectivity index is 0.00000222. The van der Waals surface area contributed by atoms with Crippen molar-refractivity contribution in [3.8, 4) is 0 Å². The van der Waals surface area contributed by atoms with E-state index in [0.29, 0.717) is 22.0 Å². The van der Waals surface area contributed by atoms with Gasteiger partial charge in [0, 0.05) is 43.1 Å². The van der Waals surface area contributed by atoms with Crippen molar-refractivity contribution in [2.75, 3.05) is 44.3 Å². The van der Waals surface area contributed by atoms with E-state index in [-0.39, 0.29) is 11.4 Å². The zero-order chi connectivity index (χ0) is 26.7. The molecule has 0 atom stereocenters. The van der Waals surface area contributed by atoms with Crippen LogP contribution in [0, 0.1) is 11.6 Å². The fraction of sp³-hybridized carbons (Fsp3) is 0.393. The standard InChI is InChI=1S/C26H33F2N5S.C2H6/c1-5-9-20(23-21(27)10-8-11-22(23)28)24-25(29)31-26(34-24)30-18(6-2)12-13-19(7-3)33-16-14-32(4)15-17-33;1-2/h6,8-13H,2,5,7,14-17,29H2,1,3-4H3,(H,30,31);1-2H3/b18-12+,19-13+,20-9-;. The van der Waals surface area contributed by atoms with Gasteiger partial charge in [0.05, 0.1) is 10.4 Å². The van der Waals surface area contributed by atoms with Gasteiger partial charge in [-0.1, -0.05) is 57.8 Å². The van der Waals surface area contributed by atoms with E-state index in [9.17, 15) is 8.78 Å². The van der Waals surface area contributed by atoms with Crippen LogP contribution in [0.3, 0.4) is 0 Å². The molecule has 1 aliphatic heterocycles. The lowest BCUT2D eigenvalue weighted by Crippen LogP contribution is -2.43. The molecule has 1 fully saturated rings. The van der Waals surface area contributed by atoms with Crippen LogP contribution in [-0.4, -0.2) is 48.0 Å². The second kappa shape index (κ2) is 14.6. The number of thiazole rings is 1. The first-order valence-corrected chi connectivity index (χ1v) is 13.3. The Hall–Kier alpha value is -2.97. The first kappa shape index (κ1) is 29.3. The summed E-state index contributed by atoms with van der Waals surface area (Å²) >= 11 is 1.26. The molecule has 2 aromatic rings. The zero-order valence-electron chi connectivity index (χ0n) is 22.1. The fourth-order valence-corrected chi connectivity index (χ4v) is 4.81. The summed E-state index contributed by atoms with van der Waals surface area (Å²) in [6.45, 7) is 16.1. The van der Waals surface area contributed by atoms with Gasteiger partial charge in [0.15, 0.2) is 5.13 Å². The molecule has 1 saturated heterocycles. The zero-order valence-corrected chi connectivity index (χ0v) is 22.9. The number of allylic oxidation sites excluding steroid dienone is 5. The highest BCUT2D eigenvalue weighted by molar-refractivity contribution is 7.17. The maximum absolute atomic E-state index is 14.5. The van der Waals surface area contributed by atoms with Crippen molar-refractivity contribution in [2.24, 2.45) is 0 Å². The molecule has 1 aliphatic rings. The molecule has 0 spiro atoms. The van der Waals surface area contributed by atoms with Gasteiger partial charge in [0.1, 0.15) is 17.5 Å². The quantitative estimate of drug-likeness (QED) is 0.356. The largest absolute Gasteiger partial charge is 0.382 e. The molecule has 3 rings (SSSR count). The lowest BCUT2D eigenvalue weighted by atomic mass is 10.0. The maximum atomic E-state index is 14.5. The molecule has 0 saturated carbocycles. The minimum absolute atomic E-state index is 0.0894. The fourth-order valence-electron chi connectivity index (χ4n) is 3.86. The summed E-state index contributed by atoms with van der Waals surface area (Å²) < 4.78 is 29.0. The minimum Gasteiger partial charge on any atom is -0.382 e. The van der Waals surface area contributed by atoms with Gasteiger partial charge in [-0.3, -0.25) is 0 Å². The summed E-state index contributed by atoms with van der Waals surface area (Å²) in [5, 5.41) is 3.77. The normalized spacial score (nSPS) is 15.4. The molecule has 0 amide bonds. The van der Waals surface area contributed by atoms with Crippen molar-refractivity contribution in [2.45, 2.75) is 40.5 Å². The molecule has 8 heteroatoms. The van der Waals surface area contributed by atoms with Gasteiger partial charge >= 0.3 is 0 Å². The summed E-state index contributed by atoms with van der Waals surface area (Å²) in [6.07, 6.45) is 9.08. The van der Waals surface area contributed by atoms with Crippen LogP contribution < -0.4 is 11.1 Å². The summed E-state index contributed by atoms with van der Waals surface area (Å²) in [6, 6.07) is 3.84. The van der Waals surface area contributed by atoms with Crippen molar-refractivity contribution >= 4 is 27.9 Å². The van der Waals surface area contributed by atoms with Crippen molar-refractivity contribution in [3.05, 3.63) is 82.6 Å². The van der Waals surface area contributed by atoms with E-state index in [1.54, 1.807) is 12.2 Å². The highest BCUT2D eigenvalue weighted by Crippen LogP contribution is 2.38. The van der Waals surface area contributed by atoms with E-state index in [1.807, 2.05) is 26.8 Å². The molecular weight excluding hydrogens is 476 g/mol. The number of nitrogens with two attached hydrogens (primary N) is 1. The van der Waals surface area contributed by atoms with Crippen molar-refractivity contribution in [1.29, 1.82) is 0 Å². The minimum atomic E-state index is -0.630. The molecular formula is C28H39F2N5S. The highest BCUT2D eigenvalue weighted by atomic mass is 32.1. The lowest BCUT2D eigenvalue weighted by Gasteiger charge is -2.35. The first-order valence-electron chi connectivity index (χ1n) is 12.5. The van der Waals surface area contributed by atoms with E-state index in [2.05, 4.69) is 46.7 Å². The summed E-state index contributed by atoms with van der Waals surface area (Å²) in [7, 11) is 2.14. The Morgan fingerprint density at radius 1 is 1.14 bits per heavy atom. The summed E-state index contributed by atoms with van der Waals surface area (Å²) in [5.41, 5.74) is 8.53. The lowest BCUT2D eigenvalue weighted by molar-refractivity contribution is 0.183. The Morgan fingerprint density at radius 3 is 2.33 bits per heavy atom. The van der Waals surface area contributed by atoms with E-state index >= 15 is 0 Å². The smallest absolute Gasteiger partial charge is 0.189 e. The number of nitrogens with one attached hydrogen (secondary N) is 1. The third kappa shape index (κ3) is 7.51. The summed E-state index contributed by atoms with van der Waals surface area (Å²) in [4.78, 5) is 9.67. The Bertz CT molecular complexity index is 1080. The number of nitrogens with zero attached hydrogens (tertiary/aromatic N) is 3. The van der Waals surface area contributed by atoms with Crippen LogP contribution in [0.2, 0.25) is 0 Å². The number of likely N-dealkylation sites (N-methyl/N-ethyl adjacent to an activating group) is 1. The molecule has 2 heterocycles. The predicted octanol–water partition coefficient (Wildman–Crippen LogP) is 6.89. The van der Waals surface area contributed by atoms with Gasteiger partial charge in [0.25, 0.3) is 0 Å². The Kier molecular flexibility index (Phi) is 11.8. The average molecular weight is 516 g/mol. The van der Waals surface area contributed by atoms with Crippen LogP contribution in [0.4, 0.5) is 19.7 Å².